The number of rotatable bonds is 3. The lowest BCUT2D eigenvalue weighted by atomic mass is 10.2. The summed E-state index contributed by atoms with van der Waals surface area (Å²) >= 11 is 0. The van der Waals surface area contributed by atoms with Crippen LogP contribution in [-0.4, -0.2) is 32.1 Å². The highest BCUT2D eigenvalue weighted by atomic mass is 19.1. The van der Waals surface area contributed by atoms with Gasteiger partial charge in [0, 0.05) is 24.7 Å². The molecule has 0 radical (unpaired) electrons. The second-order valence-electron chi connectivity index (χ2n) is 4.25. The van der Waals surface area contributed by atoms with Gasteiger partial charge >= 0.3 is 0 Å². The summed E-state index contributed by atoms with van der Waals surface area (Å²) in [6, 6.07) is 4.77. The maximum atomic E-state index is 13.8. The predicted octanol–water partition coefficient (Wildman–Crippen LogP) is 0.723. The molecule has 1 amide bonds. The molecule has 2 rings (SSSR count). The highest BCUT2D eigenvalue weighted by Crippen LogP contribution is 2.24. The minimum atomic E-state index is -0.607. The normalized spacial score (nSPS) is 19.6. The topological polar surface area (TPSA) is 58.4 Å². The Morgan fingerprint density at radius 3 is 2.88 bits per heavy atom. The third kappa shape index (κ3) is 2.39. The van der Waals surface area contributed by atoms with Crippen LogP contribution in [0.1, 0.15) is 16.8 Å². The summed E-state index contributed by atoms with van der Waals surface area (Å²) in [7, 11) is 1.90. The van der Waals surface area contributed by atoms with E-state index in [9.17, 15) is 9.18 Å². The van der Waals surface area contributed by atoms with Crippen LogP contribution in [0.2, 0.25) is 0 Å². The van der Waals surface area contributed by atoms with E-state index in [1.807, 2.05) is 11.9 Å². The van der Waals surface area contributed by atoms with Crippen LogP contribution in [0.15, 0.2) is 18.2 Å². The van der Waals surface area contributed by atoms with Crippen molar-refractivity contribution in [2.45, 2.75) is 12.5 Å². The number of nitrogens with two attached hydrogens (primary N) is 1. The zero-order valence-corrected chi connectivity index (χ0v) is 9.74. The molecule has 0 bridgehead atoms. The predicted molar refractivity (Wildman–Crippen MR) is 64.6 cm³/mol. The molecule has 0 aliphatic carbocycles. The number of amides is 1. The molecule has 1 unspecified atom stereocenters. The number of carbonyl (C=O) groups is 1. The first-order valence-electron chi connectivity index (χ1n) is 5.63. The number of nitrogens with one attached hydrogen (secondary N) is 1. The third-order valence-corrected chi connectivity index (χ3v) is 3.17. The fourth-order valence-electron chi connectivity index (χ4n) is 2.13. The van der Waals surface area contributed by atoms with E-state index >= 15 is 0 Å². The molecule has 5 heteroatoms. The van der Waals surface area contributed by atoms with Gasteiger partial charge in [0.15, 0.2) is 0 Å². The minimum Gasteiger partial charge on any atom is -0.368 e. The molecule has 1 saturated heterocycles. The molecular formula is C12H16FN3O. The molecular weight excluding hydrogens is 221 g/mol. The lowest BCUT2D eigenvalue weighted by Crippen LogP contribution is -2.29. The Bertz CT molecular complexity index is 436. The van der Waals surface area contributed by atoms with Gasteiger partial charge in [-0.05, 0) is 31.7 Å². The Balaban J connectivity index is 2.20. The molecule has 1 fully saturated rings. The lowest BCUT2D eigenvalue weighted by molar-refractivity contribution is 0.1000. The van der Waals surface area contributed by atoms with Crippen LogP contribution in [0, 0.1) is 5.82 Å². The van der Waals surface area contributed by atoms with Crippen molar-refractivity contribution in [3.8, 4) is 0 Å². The number of anilines is 1. The number of halogens is 1. The SMILES string of the molecule is CNC1CCN(c2ccc(C(N)=O)cc2F)C1. The highest BCUT2D eigenvalue weighted by Gasteiger charge is 2.23. The Hall–Kier alpha value is -1.62. The molecule has 0 spiro atoms. The molecule has 3 N–H and O–H groups in total. The van der Waals surface area contributed by atoms with Crippen LogP contribution >= 0.6 is 0 Å². The van der Waals surface area contributed by atoms with E-state index in [0.29, 0.717) is 11.7 Å². The van der Waals surface area contributed by atoms with Crippen LogP contribution in [0.3, 0.4) is 0 Å². The first-order chi connectivity index (χ1) is 8.11. The average molecular weight is 237 g/mol. The molecule has 1 aromatic rings. The van der Waals surface area contributed by atoms with E-state index in [1.54, 1.807) is 12.1 Å². The van der Waals surface area contributed by atoms with E-state index in [4.69, 9.17) is 5.73 Å². The van der Waals surface area contributed by atoms with Gasteiger partial charge in [0.2, 0.25) is 5.91 Å². The Morgan fingerprint density at radius 1 is 1.59 bits per heavy atom. The summed E-state index contributed by atoms with van der Waals surface area (Å²) in [4.78, 5) is 12.9. The van der Waals surface area contributed by atoms with Gasteiger partial charge in [-0.3, -0.25) is 4.79 Å². The van der Waals surface area contributed by atoms with E-state index in [2.05, 4.69) is 5.32 Å². The quantitative estimate of drug-likeness (QED) is 0.814. The Morgan fingerprint density at radius 2 is 2.35 bits per heavy atom. The summed E-state index contributed by atoms with van der Waals surface area (Å²) in [6.07, 6.45) is 0.994. The maximum Gasteiger partial charge on any atom is 0.248 e. The summed E-state index contributed by atoms with van der Waals surface area (Å²) in [6.45, 7) is 1.60. The second-order valence-corrected chi connectivity index (χ2v) is 4.25. The number of hydrogen-bond acceptors (Lipinski definition) is 3. The van der Waals surface area contributed by atoms with Crippen molar-refractivity contribution in [3.63, 3.8) is 0 Å². The van der Waals surface area contributed by atoms with Gasteiger partial charge in [-0.15, -0.1) is 0 Å². The first kappa shape index (κ1) is 11.9. The van der Waals surface area contributed by atoms with Crippen molar-refractivity contribution >= 4 is 11.6 Å². The fourth-order valence-corrected chi connectivity index (χ4v) is 2.13. The van der Waals surface area contributed by atoms with Crippen LogP contribution in [0.4, 0.5) is 10.1 Å². The summed E-state index contributed by atoms with van der Waals surface area (Å²) in [5.74, 6) is -0.997. The maximum absolute atomic E-state index is 13.8. The molecule has 1 aromatic carbocycles. The van der Waals surface area contributed by atoms with Gasteiger partial charge in [-0.2, -0.15) is 0 Å². The van der Waals surface area contributed by atoms with E-state index < -0.39 is 11.7 Å². The number of nitrogens with zero attached hydrogens (tertiary/aromatic N) is 1. The van der Waals surface area contributed by atoms with Crippen molar-refractivity contribution < 1.29 is 9.18 Å². The smallest absolute Gasteiger partial charge is 0.248 e. The van der Waals surface area contributed by atoms with Crippen molar-refractivity contribution in [1.82, 2.24) is 5.32 Å². The van der Waals surface area contributed by atoms with Gasteiger partial charge in [-0.25, -0.2) is 4.39 Å². The van der Waals surface area contributed by atoms with Crippen molar-refractivity contribution in [2.24, 2.45) is 5.73 Å². The van der Waals surface area contributed by atoms with E-state index in [0.717, 1.165) is 19.5 Å². The lowest BCUT2D eigenvalue weighted by Gasteiger charge is -2.19. The van der Waals surface area contributed by atoms with Gasteiger partial charge < -0.3 is 16.0 Å². The van der Waals surface area contributed by atoms with E-state index in [-0.39, 0.29) is 5.56 Å². The highest BCUT2D eigenvalue weighted by molar-refractivity contribution is 5.93. The summed E-state index contributed by atoms with van der Waals surface area (Å²) < 4.78 is 13.8. The second kappa shape index (κ2) is 4.71. The number of likely N-dealkylation sites (N-methyl/N-ethyl adjacent to an activating group) is 1. The molecule has 92 valence electrons. The number of hydrogen-bond donors (Lipinski definition) is 2. The van der Waals surface area contributed by atoms with Gasteiger partial charge in [-0.1, -0.05) is 0 Å². The third-order valence-electron chi connectivity index (χ3n) is 3.17. The van der Waals surface area contributed by atoms with Crippen LogP contribution in [-0.2, 0) is 0 Å². The molecule has 17 heavy (non-hydrogen) atoms. The summed E-state index contributed by atoms with van der Waals surface area (Å²) in [5, 5.41) is 3.17. The van der Waals surface area contributed by atoms with E-state index in [1.165, 1.54) is 6.07 Å². The summed E-state index contributed by atoms with van der Waals surface area (Å²) in [5.41, 5.74) is 5.84. The van der Waals surface area contributed by atoms with Gasteiger partial charge in [0.1, 0.15) is 5.82 Å². The fraction of sp³-hybridized carbons (Fsp3) is 0.417. The molecule has 1 aliphatic rings. The van der Waals surface area contributed by atoms with Crippen molar-refractivity contribution in [2.75, 3.05) is 25.0 Å². The molecule has 4 nitrogen and oxygen atoms in total. The van der Waals surface area contributed by atoms with Crippen LogP contribution in [0.25, 0.3) is 0 Å². The molecule has 1 heterocycles. The zero-order valence-electron chi connectivity index (χ0n) is 9.74. The average Bonchev–Trinajstić information content (AvgIpc) is 2.77. The minimum absolute atomic E-state index is 0.204. The van der Waals surface area contributed by atoms with Crippen molar-refractivity contribution in [1.29, 1.82) is 0 Å². The number of carbonyl (C=O) groups excluding carboxylic acids is 1. The number of primary amides is 1. The number of benzene rings is 1. The van der Waals surface area contributed by atoms with Crippen LogP contribution < -0.4 is 16.0 Å². The van der Waals surface area contributed by atoms with Gasteiger partial charge in [0.05, 0.1) is 5.69 Å². The largest absolute Gasteiger partial charge is 0.368 e. The van der Waals surface area contributed by atoms with Gasteiger partial charge in [0.25, 0.3) is 0 Å². The molecule has 0 saturated carbocycles. The molecule has 0 aromatic heterocycles. The molecule has 1 aliphatic heterocycles. The first-order valence-corrected chi connectivity index (χ1v) is 5.63. The Kier molecular flexibility index (Phi) is 3.28. The molecule has 1 atom stereocenters. The standard InChI is InChI=1S/C12H16FN3O/c1-15-9-4-5-16(7-9)11-3-2-8(12(14)17)6-10(11)13/h2-3,6,9,15H,4-5,7H2,1H3,(H2,14,17). The Labute approximate surface area is 99.6 Å². The zero-order chi connectivity index (χ0) is 12.4. The van der Waals surface area contributed by atoms with Crippen LogP contribution in [0.5, 0.6) is 0 Å². The monoisotopic (exact) mass is 237 g/mol. The van der Waals surface area contributed by atoms with Crippen molar-refractivity contribution in [3.05, 3.63) is 29.6 Å².